The molecule has 0 unspecified atom stereocenters. The van der Waals surface area contributed by atoms with Gasteiger partial charge in [0.1, 0.15) is 5.58 Å². The summed E-state index contributed by atoms with van der Waals surface area (Å²) in [6.07, 6.45) is 2.13. The molecule has 1 saturated carbocycles. The molecule has 1 fully saturated rings. The van der Waals surface area contributed by atoms with E-state index in [1.54, 1.807) is 6.92 Å². The number of ether oxygens (including phenoxy) is 1. The number of amides is 1. The molecule has 3 rings (SSSR count). The van der Waals surface area contributed by atoms with Crippen molar-refractivity contribution in [3.63, 3.8) is 0 Å². The fourth-order valence-electron chi connectivity index (χ4n) is 2.69. The van der Waals surface area contributed by atoms with E-state index < -0.39 is 5.97 Å². The Kier molecular flexibility index (Phi) is 4.85. The second kappa shape index (κ2) is 7.05. The number of hydrogen-bond donors (Lipinski definition) is 1. The molecular weight excluding hydrogens is 308 g/mol. The molecule has 0 radical (unpaired) electrons. The Morgan fingerprint density at radius 1 is 1.33 bits per heavy atom. The standard InChI is InChI=1S/C18H22N2O4/c1-3-23-18(22)17-14(13-6-4-5-7-15(13)24-17)10-20(2)11-16(21)19-12-8-9-12/h4-7,12H,3,8-11H2,1-2H3,(H,19,21). The van der Waals surface area contributed by atoms with Gasteiger partial charge in [-0.05, 0) is 32.9 Å². The van der Waals surface area contributed by atoms with Crippen LogP contribution < -0.4 is 5.32 Å². The minimum absolute atomic E-state index is 0.00508. The Labute approximate surface area is 140 Å². The third kappa shape index (κ3) is 3.76. The molecule has 0 atom stereocenters. The molecule has 128 valence electrons. The van der Waals surface area contributed by atoms with Crippen LogP contribution in [-0.4, -0.2) is 43.0 Å². The van der Waals surface area contributed by atoms with Crippen LogP contribution >= 0.6 is 0 Å². The smallest absolute Gasteiger partial charge is 0.374 e. The molecule has 6 nitrogen and oxygen atoms in total. The number of likely N-dealkylation sites (N-methyl/N-ethyl adjacent to an activating group) is 1. The van der Waals surface area contributed by atoms with Crippen molar-refractivity contribution in [1.82, 2.24) is 10.2 Å². The summed E-state index contributed by atoms with van der Waals surface area (Å²) in [5.74, 6) is -0.252. The average molecular weight is 330 g/mol. The first kappa shape index (κ1) is 16.5. The Balaban J connectivity index is 1.79. The fraction of sp³-hybridized carbons (Fsp3) is 0.444. The first-order valence-electron chi connectivity index (χ1n) is 8.24. The number of benzene rings is 1. The number of rotatable bonds is 7. The van der Waals surface area contributed by atoms with E-state index in [-0.39, 0.29) is 24.8 Å². The van der Waals surface area contributed by atoms with Crippen LogP contribution in [0.1, 0.15) is 35.9 Å². The number of esters is 1. The van der Waals surface area contributed by atoms with Crippen molar-refractivity contribution in [1.29, 1.82) is 0 Å². The molecule has 6 heteroatoms. The van der Waals surface area contributed by atoms with E-state index in [1.165, 1.54) is 0 Å². The van der Waals surface area contributed by atoms with Gasteiger partial charge in [-0.1, -0.05) is 18.2 Å². The second-order valence-corrected chi connectivity index (χ2v) is 6.14. The Hall–Kier alpha value is -2.34. The third-order valence-corrected chi connectivity index (χ3v) is 3.94. The summed E-state index contributed by atoms with van der Waals surface area (Å²) in [6.45, 7) is 2.76. The maximum Gasteiger partial charge on any atom is 0.374 e. The van der Waals surface area contributed by atoms with Gasteiger partial charge in [0.15, 0.2) is 0 Å². The van der Waals surface area contributed by atoms with Gasteiger partial charge in [-0.25, -0.2) is 4.79 Å². The molecule has 0 saturated heterocycles. The van der Waals surface area contributed by atoms with Crippen LogP contribution in [0.5, 0.6) is 0 Å². The van der Waals surface area contributed by atoms with Gasteiger partial charge in [0, 0.05) is 23.5 Å². The molecule has 2 aromatic rings. The average Bonchev–Trinajstić information content (AvgIpc) is 3.27. The van der Waals surface area contributed by atoms with E-state index in [9.17, 15) is 9.59 Å². The summed E-state index contributed by atoms with van der Waals surface area (Å²) in [5, 5.41) is 3.83. The van der Waals surface area contributed by atoms with Crippen molar-refractivity contribution in [2.24, 2.45) is 0 Å². The number of furan rings is 1. The lowest BCUT2D eigenvalue weighted by atomic mass is 10.1. The highest BCUT2D eigenvalue weighted by atomic mass is 16.5. The monoisotopic (exact) mass is 330 g/mol. The highest BCUT2D eigenvalue weighted by molar-refractivity contribution is 5.96. The summed E-state index contributed by atoms with van der Waals surface area (Å²) in [5.41, 5.74) is 1.40. The van der Waals surface area contributed by atoms with E-state index in [0.717, 1.165) is 23.8 Å². The van der Waals surface area contributed by atoms with Crippen molar-refractivity contribution in [2.75, 3.05) is 20.2 Å². The van der Waals surface area contributed by atoms with Gasteiger partial charge in [0.25, 0.3) is 0 Å². The van der Waals surface area contributed by atoms with Gasteiger partial charge in [-0.3, -0.25) is 9.69 Å². The molecule has 1 heterocycles. The molecule has 1 aliphatic carbocycles. The van der Waals surface area contributed by atoms with Gasteiger partial charge in [-0.15, -0.1) is 0 Å². The molecule has 1 N–H and O–H groups in total. The number of para-hydroxylation sites is 1. The van der Waals surface area contributed by atoms with Crippen molar-refractivity contribution in [3.05, 3.63) is 35.6 Å². The highest BCUT2D eigenvalue weighted by Crippen LogP contribution is 2.27. The van der Waals surface area contributed by atoms with Crippen LogP contribution in [0.15, 0.2) is 28.7 Å². The molecule has 24 heavy (non-hydrogen) atoms. The lowest BCUT2D eigenvalue weighted by Gasteiger charge is -2.16. The van der Waals surface area contributed by atoms with E-state index in [4.69, 9.17) is 9.15 Å². The maximum absolute atomic E-state index is 12.2. The summed E-state index contributed by atoms with van der Waals surface area (Å²) in [7, 11) is 1.85. The quantitative estimate of drug-likeness (QED) is 0.789. The summed E-state index contributed by atoms with van der Waals surface area (Å²) in [4.78, 5) is 26.0. The fourth-order valence-corrected chi connectivity index (χ4v) is 2.69. The molecule has 1 aromatic carbocycles. The molecular formula is C18H22N2O4. The number of carbonyl (C=O) groups is 2. The Morgan fingerprint density at radius 3 is 2.79 bits per heavy atom. The normalized spacial score (nSPS) is 14.1. The van der Waals surface area contributed by atoms with Crippen LogP contribution in [0, 0.1) is 0 Å². The minimum Gasteiger partial charge on any atom is -0.460 e. The number of carbonyl (C=O) groups excluding carboxylic acids is 2. The Bertz CT molecular complexity index is 749. The van der Waals surface area contributed by atoms with Gasteiger partial charge < -0.3 is 14.5 Å². The van der Waals surface area contributed by atoms with Crippen molar-refractivity contribution in [2.45, 2.75) is 32.4 Å². The first-order chi connectivity index (χ1) is 11.6. The summed E-state index contributed by atoms with van der Waals surface area (Å²) in [6, 6.07) is 7.83. The zero-order valence-corrected chi connectivity index (χ0v) is 14.0. The van der Waals surface area contributed by atoms with Crippen molar-refractivity contribution in [3.8, 4) is 0 Å². The summed E-state index contributed by atoms with van der Waals surface area (Å²) >= 11 is 0. The van der Waals surface area contributed by atoms with Gasteiger partial charge in [0.05, 0.1) is 13.2 Å². The molecule has 0 aliphatic heterocycles. The highest BCUT2D eigenvalue weighted by Gasteiger charge is 2.25. The first-order valence-corrected chi connectivity index (χ1v) is 8.24. The summed E-state index contributed by atoms with van der Waals surface area (Å²) < 4.78 is 10.8. The van der Waals surface area contributed by atoms with Crippen LogP contribution in [-0.2, 0) is 16.1 Å². The zero-order chi connectivity index (χ0) is 17.1. The SMILES string of the molecule is CCOC(=O)c1oc2ccccc2c1CN(C)CC(=O)NC1CC1. The molecule has 1 aliphatic rings. The van der Waals surface area contributed by atoms with Crippen LogP contribution in [0.25, 0.3) is 11.0 Å². The predicted molar refractivity (Wildman–Crippen MR) is 89.7 cm³/mol. The van der Waals surface area contributed by atoms with E-state index in [1.807, 2.05) is 36.2 Å². The zero-order valence-electron chi connectivity index (χ0n) is 14.0. The van der Waals surface area contributed by atoms with E-state index >= 15 is 0 Å². The third-order valence-electron chi connectivity index (χ3n) is 3.94. The number of nitrogens with zero attached hydrogens (tertiary/aromatic N) is 1. The number of hydrogen-bond acceptors (Lipinski definition) is 5. The Morgan fingerprint density at radius 2 is 2.08 bits per heavy atom. The number of fused-ring (bicyclic) bond motifs is 1. The maximum atomic E-state index is 12.2. The minimum atomic E-state index is -0.473. The largest absolute Gasteiger partial charge is 0.460 e. The molecule has 0 bridgehead atoms. The van der Waals surface area contributed by atoms with Crippen LogP contribution in [0.3, 0.4) is 0 Å². The lowest BCUT2D eigenvalue weighted by Crippen LogP contribution is -2.36. The predicted octanol–water partition coefficient (Wildman–Crippen LogP) is 2.32. The lowest BCUT2D eigenvalue weighted by molar-refractivity contribution is -0.122. The van der Waals surface area contributed by atoms with Gasteiger partial charge in [0.2, 0.25) is 11.7 Å². The van der Waals surface area contributed by atoms with Crippen molar-refractivity contribution < 1.29 is 18.7 Å². The van der Waals surface area contributed by atoms with Gasteiger partial charge >= 0.3 is 5.97 Å². The molecule has 1 aromatic heterocycles. The van der Waals surface area contributed by atoms with E-state index in [2.05, 4.69) is 5.32 Å². The van der Waals surface area contributed by atoms with Crippen LogP contribution in [0.2, 0.25) is 0 Å². The second-order valence-electron chi connectivity index (χ2n) is 6.14. The molecule has 0 spiro atoms. The van der Waals surface area contributed by atoms with Gasteiger partial charge in [-0.2, -0.15) is 0 Å². The topological polar surface area (TPSA) is 71.8 Å². The van der Waals surface area contributed by atoms with Crippen molar-refractivity contribution >= 4 is 22.8 Å². The van der Waals surface area contributed by atoms with E-state index in [0.29, 0.717) is 18.2 Å². The molecule has 1 amide bonds. The number of nitrogens with one attached hydrogen (secondary N) is 1. The van der Waals surface area contributed by atoms with Crippen LogP contribution in [0.4, 0.5) is 0 Å².